The van der Waals surface area contributed by atoms with Gasteiger partial charge in [0.05, 0.1) is 5.69 Å². The average molecular weight is 462 g/mol. The molecule has 4 aromatic rings. The molecule has 2 aromatic carbocycles. The largest absolute Gasteiger partial charge is 0.478 e. The first-order chi connectivity index (χ1) is 15.9. The van der Waals surface area contributed by atoms with Crippen molar-refractivity contribution in [3.05, 3.63) is 94.0 Å². The number of hydrogen-bond donors (Lipinski definition) is 1. The first-order valence-corrected chi connectivity index (χ1v) is 11.8. The molecule has 0 saturated heterocycles. The number of carboxylic acids is 1. The van der Waals surface area contributed by atoms with E-state index in [-0.39, 0.29) is 0 Å². The van der Waals surface area contributed by atoms with Crippen LogP contribution in [0.4, 0.5) is 0 Å². The number of ether oxygens (including phenoxy) is 1. The summed E-state index contributed by atoms with van der Waals surface area (Å²) in [6.07, 6.45) is 2.99. The fourth-order valence-corrected chi connectivity index (χ4v) is 4.89. The van der Waals surface area contributed by atoms with Crippen LogP contribution in [0.15, 0.2) is 77.2 Å². The maximum absolute atomic E-state index is 12.0. The number of oxazole rings is 1. The van der Waals surface area contributed by atoms with Crippen LogP contribution in [0, 0.1) is 6.92 Å². The molecule has 0 aliphatic rings. The van der Waals surface area contributed by atoms with E-state index in [4.69, 9.17) is 9.15 Å². The molecule has 0 aliphatic heterocycles. The molecule has 0 fully saturated rings. The smallest absolute Gasteiger partial charge is 0.348 e. The molecule has 4 rings (SSSR count). The van der Waals surface area contributed by atoms with Crippen LogP contribution < -0.4 is 4.74 Å². The van der Waals surface area contributed by atoms with Gasteiger partial charge in [0.15, 0.2) is 0 Å². The van der Waals surface area contributed by atoms with Crippen molar-refractivity contribution >= 4 is 17.3 Å². The van der Waals surface area contributed by atoms with Crippen molar-refractivity contribution in [2.45, 2.75) is 45.1 Å². The lowest BCUT2D eigenvalue weighted by Gasteiger charge is -2.25. The molecule has 2 aromatic heterocycles. The van der Waals surface area contributed by atoms with Crippen LogP contribution >= 0.6 is 11.3 Å². The Morgan fingerprint density at radius 1 is 1.00 bits per heavy atom. The lowest BCUT2D eigenvalue weighted by atomic mass is 10.0. The molecule has 0 spiro atoms. The van der Waals surface area contributed by atoms with E-state index in [0.29, 0.717) is 18.1 Å². The summed E-state index contributed by atoms with van der Waals surface area (Å²) in [6, 6.07) is 23.1. The van der Waals surface area contributed by atoms with Crippen molar-refractivity contribution in [1.82, 2.24) is 4.98 Å². The number of thiophene rings is 1. The average Bonchev–Trinajstić information content (AvgIpc) is 3.41. The zero-order valence-corrected chi connectivity index (χ0v) is 19.6. The minimum Gasteiger partial charge on any atom is -0.478 e. The Hall–Kier alpha value is -3.38. The second kappa shape index (κ2) is 10.0. The minimum absolute atomic E-state index is 0.310. The van der Waals surface area contributed by atoms with Gasteiger partial charge in [0, 0.05) is 21.7 Å². The second-order valence-corrected chi connectivity index (χ2v) is 9.49. The van der Waals surface area contributed by atoms with Crippen molar-refractivity contribution in [1.29, 1.82) is 0 Å². The molecule has 5 nitrogen and oxygen atoms in total. The number of benzene rings is 2. The second-order valence-electron chi connectivity index (χ2n) is 8.24. The number of nitrogens with zero attached hydrogens (tertiary/aromatic N) is 1. The molecular weight excluding hydrogens is 434 g/mol. The topological polar surface area (TPSA) is 72.6 Å². The lowest BCUT2D eigenvalue weighted by molar-refractivity contribution is -0.153. The van der Waals surface area contributed by atoms with Gasteiger partial charge >= 0.3 is 5.97 Å². The molecule has 0 aliphatic carbocycles. The van der Waals surface area contributed by atoms with Crippen LogP contribution in [0.1, 0.15) is 34.6 Å². The highest BCUT2D eigenvalue weighted by atomic mass is 32.1. The maximum atomic E-state index is 12.0. The number of carbonyl (C=O) groups is 1. The van der Waals surface area contributed by atoms with Crippen molar-refractivity contribution in [3.8, 4) is 17.2 Å². The Morgan fingerprint density at radius 3 is 2.36 bits per heavy atom. The summed E-state index contributed by atoms with van der Waals surface area (Å²) in [5.74, 6) is 1.10. The van der Waals surface area contributed by atoms with Crippen LogP contribution in [0.25, 0.3) is 11.5 Å². The number of para-hydroxylation sites is 1. The molecule has 0 unspecified atom stereocenters. The van der Waals surface area contributed by atoms with Gasteiger partial charge in [0.2, 0.25) is 11.5 Å². The van der Waals surface area contributed by atoms with Crippen LogP contribution in [-0.2, 0) is 24.1 Å². The summed E-state index contributed by atoms with van der Waals surface area (Å²) >= 11 is 1.64. The van der Waals surface area contributed by atoms with Gasteiger partial charge in [0.25, 0.3) is 0 Å². The zero-order valence-electron chi connectivity index (χ0n) is 18.8. The fraction of sp³-hybridized carbons (Fsp3) is 0.259. The highest BCUT2D eigenvalue weighted by Crippen LogP contribution is 2.28. The van der Waals surface area contributed by atoms with E-state index >= 15 is 0 Å². The molecule has 1 N–H and O–H groups in total. The van der Waals surface area contributed by atoms with E-state index in [1.54, 1.807) is 30.4 Å². The van der Waals surface area contributed by atoms with Gasteiger partial charge < -0.3 is 14.3 Å². The van der Waals surface area contributed by atoms with Gasteiger partial charge in [-0.2, -0.15) is 0 Å². The van der Waals surface area contributed by atoms with E-state index in [1.807, 2.05) is 61.5 Å². The number of hydrogen-bond acceptors (Lipinski definition) is 5. The summed E-state index contributed by atoms with van der Waals surface area (Å²) in [5, 5.41) is 9.80. The normalized spacial score (nSPS) is 12.9. The zero-order chi connectivity index (χ0) is 23.3. The Bertz CT molecular complexity index is 1200. The molecule has 0 saturated carbocycles. The minimum atomic E-state index is -1.32. The number of aromatic nitrogens is 1. The van der Waals surface area contributed by atoms with Gasteiger partial charge in [-0.05, 0) is 69.5 Å². The molecule has 1 atom stereocenters. The summed E-state index contributed by atoms with van der Waals surface area (Å²) < 4.78 is 11.7. The van der Waals surface area contributed by atoms with Crippen LogP contribution in [0.5, 0.6) is 5.75 Å². The van der Waals surface area contributed by atoms with Crippen LogP contribution in [-0.4, -0.2) is 21.7 Å². The number of aliphatic carboxylic acids is 1. The van der Waals surface area contributed by atoms with E-state index in [1.165, 1.54) is 4.88 Å². The SMILES string of the molecule is Cc1oc(-c2ccccc2)nc1CCCc1ccc(C[C@](C)(Oc2ccccc2)C(=O)O)s1. The lowest BCUT2D eigenvalue weighted by Crippen LogP contribution is -2.43. The van der Waals surface area contributed by atoms with Crippen molar-refractivity contribution < 1.29 is 19.1 Å². The van der Waals surface area contributed by atoms with Gasteiger partial charge in [0.1, 0.15) is 11.5 Å². The Morgan fingerprint density at radius 2 is 1.67 bits per heavy atom. The van der Waals surface area contributed by atoms with E-state index in [9.17, 15) is 9.90 Å². The van der Waals surface area contributed by atoms with Gasteiger partial charge in [-0.25, -0.2) is 9.78 Å². The molecule has 0 radical (unpaired) electrons. The molecule has 0 amide bonds. The number of aryl methyl sites for hydroxylation is 3. The predicted octanol–water partition coefficient (Wildman–Crippen LogP) is 6.35. The number of carboxylic acid groups (broad SMARTS) is 1. The monoisotopic (exact) mass is 461 g/mol. The molecule has 0 bridgehead atoms. The van der Waals surface area contributed by atoms with E-state index in [2.05, 4.69) is 11.1 Å². The Labute approximate surface area is 197 Å². The van der Waals surface area contributed by atoms with E-state index < -0.39 is 11.6 Å². The highest BCUT2D eigenvalue weighted by Gasteiger charge is 2.36. The Balaban J connectivity index is 1.35. The number of rotatable bonds is 10. The third-order valence-corrected chi connectivity index (χ3v) is 6.66. The molecule has 170 valence electrons. The van der Waals surface area contributed by atoms with Crippen molar-refractivity contribution in [3.63, 3.8) is 0 Å². The summed E-state index contributed by atoms with van der Waals surface area (Å²) in [5.41, 5.74) is 0.643. The van der Waals surface area contributed by atoms with Gasteiger partial charge in [-0.3, -0.25) is 0 Å². The third kappa shape index (κ3) is 5.71. The Kier molecular flexibility index (Phi) is 6.94. The quantitative estimate of drug-likeness (QED) is 0.298. The van der Waals surface area contributed by atoms with Crippen LogP contribution in [0.2, 0.25) is 0 Å². The first-order valence-electron chi connectivity index (χ1n) is 11.0. The van der Waals surface area contributed by atoms with Crippen molar-refractivity contribution in [2.24, 2.45) is 0 Å². The first kappa shape index (κ1) is 22.8. The maximum Gasteiger partial charge on any atom is 0.348 e. The molecular formula is C27H27NO4S. The van der Waals surface area contributed by atoms with Gasteiger partial charge in [-0.1, -0.05) is 36.4 Å². The molecule has 33 heavy (non-hydrogen) atoms. The van der Waals surface area contributed by atoms with Crippen molar-refractivity contribution in [2.75, 3.05) is 0 Å². The van der Waals surface area contributed by atoms with Gasteiger partial charge in [-0.15, -0.1) is 11.3 Å². The molecule has 2 heterocycles. The highest BCUT2D eigenvalue weighted by molar-refractivity contribution is 7.12. The summed E-state index contributed by atoms with van der Waals surface area (Å²) in [6.45, 7) is 3.58. The fourth-order valence-electron chi connectivity index (χ4n) is 3.68. The standard InChI is InChI=1S/C27H27NO4S/c1-19-24(28-25(31-19)20-10-5-3-6-11-20)15-9-14-22-16-17-23(33-22)18-27(2,26(29)30)32-21-12-7-4-8-13-21/h3-8,10-13,16-17H,9,14-15,18H2,1-2H3,(H,29,30)/t27-/m0/s1. The molecule has 6 heteroatoms. The third-order valence-electron chi connectivity index (χ3n) is 5.52. The van der Waals surface area contributed by atoms with E-state index in [0.717, 1.165) is 41.2 Å². The summed E-state index contributed by atoms with van der Waals surface area (Å²) in [4.78, 5) is 18.9. The summed E-state index contributed by atoms with van der Waals surface area (Å²) in [7, 11) is 0. The van der Waals surface area contributed by atoms with Crippen LogP contribution in [0.3, 0.4) is 0 Å². The predicted molar refractivity (Wildman–Crippen MR) is 130 cm³/mol.